The normalized spacial score (nSPS) is 18.7. The fourth-order valence-corrected chi connectivity index (χ4v) is 3.67. The zero-order chi connectivity index (χ0) is 16.8. The average molecular weight is 354 g/mol. The van der Waals surface area contributed by atoms with E-state index < -0.39 is 0 Å². The van der Waals surface area contributed by atoms with E-state index in [0.29, 0.717) is 19.3 Å². The molecule has 1 aromatic rings. The predicted molar refractivity (Wildman–Crippen MR) is 99.2 cm³/mol. The Morgan fingerprint density at radius 1 is 1.17 bits per heavy atom. The van der Waals surface area contributed by atoms with E-state index in [9.17, 15) is 0 Å². The molecule has 5 nitrogen and oxygen atoms in total. The van der Waals surface area contributed by atoms with E-state index in [1.54, 1.807) is 0 Å². The highest BCUT2D eigenvalue weighted by molar-refractivity contribution is 6.31. The lowest BCUT2D eigenvalue weighted by molar-refractivity contribution is 0.0399. The molecule has 3 rings (SSSR count). The Bertz CT molecular complexity index is 521. The fourth-order valence-electron chi connectivity index (χ4n) is 3.49. The van der Waals surface area contributed by atoms with Gasteiger partial charge in [0.2, 0.25) is 0 Å². The van der Waals surface area contributed by atoms with Crippen LogP contribution in [0.4, 0.5) is 11.4 Å². The highest BCUT2D eigenvalue weighted by atomic mass is 35.5. The third-order valence-electron chi connectivity index (χ3n) is 4.83. The molecule has 2 aliphatic rings. The molecule has 134 valence electrons. The molecule has 0 bridgehead atoms. The highest BCUT2D eigenvalue weighted by Gasteiger charge is 2.29. The molecule has 1 saturated heterocycles. The largest absolute Gasteiger partial charge is 0.379 e. The first-order chi connectivity index (χ1) is 11.8. The number of nitrogens with zero attached hydrogens (tertiary/aromatic N) is 2. The van der Waals surface area contributed by atoms with Gasteiger partial charge in [-0.05, 0) is 38.0 Å². The van der Waals surface area contributed by atoms with Crippen molar-refractivity contribution in [1.82, 2.24) is 4.90 Å². The van der Waals surface area contributed by atoms with Crippen LogP contribution in [0.15, 0.2) is 18.2 Å². The van der Waals surface area contributed by atoms with Crippen LogP contribution in [-0.2, 0) is 9.47 Å². The van der Waals surface area contributed by atoms with E-state index in [1.165, 1.54) is 18.5 Å². The number of ether oxygens (including phenoxy) is 2. The van der Waals surface area contributed by atoms with Crippen molar-refractivity contribution in [2.45, 2.75) is 25.8 Å². The second-order valence-corrected chi connectivity index (χ2v) is 6.78. The van der Waals surface area contributed by atoms with Crippen LogP contribution in [0.5, 0.6) is 0 Å². The molecule has 0 spiro atoms. The molecule has 0 radical (unpaired) electrons. The van der Waals surface area contributed by atoms with Crippen LogP contribution >= 0.6 is 11.6 Å². The topological polar surface area (TPSA) is 37.0 Å². The summed E-state index contributed by atoms with van der Waals surface area (Å²) < 4.78 is 10.9. The third-order valence-corrected chi connectivity index (χ3v) is 5.07. The Morgan fingerprint density at radius 2 is 1.96 bits per heavy atom. The second-order valence-electron chi connectivity index (χ2n) is 6.35. The van der Waals surface area contributed by atoms with Crippen LogP contribution in [0.2, 0.25) is 5.02 Å². The molecule has 0 atom stereocenters. The first-order valence-electron chi connectivity index (χ1n) is 8.96. The summed E-state index contributed by atoms with van der Waals surface area (Å²) in [6, 6.07) is 6.74. The Kier molecular flexibility index (Phi) is 6.60. The van der Waals surface area contributed by atoms with Crippen LogP contribution in [0.1, 0.15) is 19.8 Å². The van der Waals surface area contributed by atoms with Crippen molar-refractivity contribution in [2.24, 2.45) is 0 Å². The Morgan fingerprint density at radius 3 is 2.75 bits per heavy atom. The van der Waals surface area contributed by atoms with Gasteiger partial charge in [-0.15, -0.1) is 0 Å². The van der Waals surface area contributed by atoms with E-state index in [2.05, 4.69) is 21.2 Å². The molecule has 0 saturated carbocycles. The highest BCUT2D eigenvalue weighted by Crippen LogP contribution is 2.36. The average Bonchev–Trinajstić information content (AvgIpc) is 3.01. The summed E-state index contributed by atoms with van der Waals surface area (Å²) in [5.74, 6) is 0. The molecular formula is C18H28ClN3O2. The van der Waals surface area contributed by atoms with E-state index in [4.69, 9.17) is 21.1 Å². The maximum Gasteiger partial charge on any atom is 0.0880 e. The van der Waals surface area contributed by atoms with Crippen LogP contribution in [0.25, 0.3) is 0 Å². The number of nitrogens with one attached hydrogen (secondary N) is 1. The molecular weight excluding hydrogens is 326 g/mol. The van der Waals surface area contributed by atoms with Crippen molar-refractivity contribution in [1.29, 1.82) is 0 Å². The van der Waals surface area contributed by atoms with Gasteiger partial charge in [-0.2, -0.15) is 0 Å². The van der Waals surface area contributed by atoms with Gasteiger partial charge >= 0.3 is 0 Å². The van der Waals surface area contributed by atoms with E-state index >= 15 is 0 Å². The van der Waals surface area contributed by atoms with Gasteiger partial charge in [-0.3, -0.25) is 0 Å². The van der Waals surface area contributed by atoms with Crippen molar-refractivity contribution >= 4 is 23.0 Å². The maximum atomic E-state index is 6.08. The number of hydrogen-bond donors (Lipinski definition) is 1. The summed E-state index contributed by atoms with van der Waals surface area (Å²) in [5.41, 5.74) is 2.45. The number of piperidine rings is 1. The zero-order valence-electron chi connectivity index (χ0n) is 14.5. The SMILES string of the molecule is CCOCCOCCN1CCC(N2CNc3cc(Cl)ccc32)CC1. The van der Waals surface area contributed by atoms with E-state index in [-0.39, 0.29) is 0 Å². The standard InChI is InChI=1S/C18H28ClN3O2/c1-2-23-11-12-24-10-9-21-7-5-16(6-8-21)22-14-20-17-13-15(19)3-4-18(17)22/h3-4,13,16,20H,2,5-12,14H2,1H3. The number of hydrogen-bond acceptors (Lipinski definition) is 5. The Hall–Kier alpha value is -1.01. The van der Waals surface area contributed by atoms with Gasteiger partial charge in [0.05, 0.1) is 37.9 Å². The van der Waals surface area contributed by atoms with Crippen LogP contribution in [0, 0.1) is 0 Å². The number of fused-ring (bicyclic) bond motifs is 1. The van der Waals surface area contributed by atoms with Crippen molar-refractivity contribution in [3.63, 3.8) is 0 Å². The summed E-state index contributed by atoms with van der Waals surface area (Å²) >= 11 is 6.08. The van der Waals surface area contributed by atoms with Gasteiger partial charge in [0.15, 0.2) is 0 Å². The molecule has 0 aliphatic carbocycles. The van der Waals surface area contributed by atoms with Crippen molar-refractivity contribution in [3.8, 4) is 0 Å². The minimum absolute atomic E-state index is 0.607. The van der Waals surface area contributed by atoms with Gasteiger partial charge in [-0.1, -0.05) is 11.6 Å². The number of rotatable bonds is 8. The van der Waals surface area contributed by atoms with E-state index in [1.807, 2.05) is 19.1 Å². The van der Waals surface area contributed by atoms with Crippen molar-refractivity contribution < 1.29 is 9.47 Å². The van der Waals surface area contributed by atoms with Gasteiger partial charge in [0, 0.05) is 37.3 Å². The summed E-state index contributed by atoms with van der Waals surface area (Å²) in [7, 11) is 0. The lowest BCUT2D eigenvalue weighted by Gasteiger charge is -2.37. The lowest BCUT2D eigenvalue weighted by atomic mass is 10.0. The molecule has 24 heavy (non-hydrogen) atoms. The summed E-state index contributed by atoms with van der Waals surface area (Å²) in [4.78, 5) is 4.99. The molecule has 0 unspecified atom stereocenters. The van der Waals surface area contributed by atoms with Gasteiger partial charge in [0.25, 0.3) is 0 Å². The van der Waals surface area contributed by atoms with Gasteiger partial charge in [0.1, 0.15) is 0 Å². The Balaban J connectivity index is 1.39. The Labute approximate surface area is 149 Å². The van der Waals surface area contributed by atoms with Crippen LogP contribution < -0.4 is 10.2 Å². The number of benzene rings is 1. The molecule has 0 aromatic heterocycles. The maximum absolute atomic E-state index is 6.08. The monoisotopic (exact) mass is 353 g/mol. The van der Waals surface area contributed by atoms with Crippen LogP contribution in [-0.4, -0.2) is 63.7 Å². The third kappa shape index (κ3) is 4.54. The predicted octanol–water partition coefficient (Wildman–Crippen LogP) is 3.05. The van der Waals surface area contributed by atoms with Crippen molar-refractivity contribution in [2.75, 3.05) is 62.9 Å². The molecule has 2 aliphatic heterocycles. The fraction of sp³-hybridized carbons (Fsp3) is 0.667. The minimum Gasteiger partial charge on any atom is -0.379 e. The minimum atomic E-state index is 0.607. The summed E-state index contributed by atoms with van der Waals surface area (Å²) in [6.07, 6.45) is 2.39. The number of anilines is 2. The van der Waals surface area contributed by atoms with Gasteiger partial charge < -0.3 is 24.6 Å². The van der Waals surface area contributed by atoms with Gasteiger partial charge in [-0.25, -0.2) is 0 Å². The number of likely N-dealkylation sites (tertiary alicyclic amines) is 1. The molecule has 6 heteroatoms. The molecule has 1 N–H and O–H groups in total. The first-order valence-corrected chi connectivity index (χ1v) is 9.33. The molecule has 0 amide bonds. The summed E-state index contributed by atoms with van der Waals surface area (Å²) in [6.45, 7) is 9.14. The molecule has 1 aromatic carbocycles. The molecule has 2 heterocycles. The quantitative estimate of drug-likeness (QED) is 0.727. The smallest absolute Gasteiger partial charge is 0.0880 e. The lowest BCUT2D eigenvalue weighted by Crippen LogP contribution is -2.45. The van der Waals surface area contributed by atoms with Crippen molar-refractivity contribution in [3.05, 3.63) is 23.2 Å². The first kappa shape index (κ1) is 17.8. The molecule has 1 fully saturated rings. The van der Waals surface area contributed by atoms with E-state index in [0.717, 1.165) is 50.2 Å². The second kappa shape index (κ2) is 8.90. The number of halogens is 1. The summed E-state index contributed by atoms with van der Waals surface area (Å²) in [5, 5.41) is 4.25. The van der Waals surface area contributed by atoms with Crippen LogP contribution in [0.3, 0.4) is 0 Å². The zero-order valence-corrected chi connectivity index (χ0v) is 15.2.